The Kier molecular flexibility index (Phi) is 5.72. The Morgan fingerprint density at radius 1 is 0.839 bits per heavy atom. The van der Waals surface area contributed by atoms with Gasteiger partial charge in [-0.25, -0.2) is 4.90 Å². The molecule has 1 aliphatic heterocycles. The third-order valence-electron chi connectivity index (χ3n) is 5.40. The Labute approximate surface area is 182 Å². The predicted molar refractivity (Wildman–Crippen MR) is 124 cm³/mol. The molecule has 4 nitrogen and oxygen atoms in total. The van der Waals surface area contributed by atoms with Gasteiger partial charge in [0.1, 0.15) is 5.75 Å². The molecule has 0 aliphatic carbocycles. The zero-order valence-electron chi connectivity index (χ0n) is 18.0. The highest BCUT2D eigenvalue weighted by Crippen LogP contribution is 2.34. The van der Waals surface area contributed by atoms with Gasteiger partial charge in [-0.2, -0.15) is 0 Å². The van der Waals surface area contributed by atoms with Gasteiger partial charge in [-0.15, -0.1) is 0 Å². The van der Waals surface area contributed by atoms with Gasteiger partial charge in [0.15, 0.2) is 0 Å². The first-order valence-electron chi connectivity index (χ1n) is 10.5. The highest BCUT2D eigenvalue weighted by molar-refractivity contribution is 6.43. The number of carbonyl (C=O) groups is 2. The van der Waals surface area contributed by atoms with Crippen LogP contribution in [0.15, 0.2) is 72.8 Å². The Hall–Kier alpha value is -3.66. The van der Waals surface area contributed by atoms with Gasteiger partial charge in [-0.1, -0.05) is 56.3 Å². The van der Waals surface area contributed by atoms with Crippen molar-refractivity contribution in [1.82, 2.24) is 0 Å². The largest absolute Gasteiger partial charge is 0.494 e. The molecule has 0 fully saturated rings. The summed E-state index contributed by atoms with van der Waals surface area (Å²) in [5.74, 6) is 0.481. The summed E-state index contributed by atoms with van der Waals surface area (Å²) >= 11 is 0. The second-order valence-electron chi connectivity index (χ2n) is 7.80. The van der Waals surface area contributed by atoms with E-state index in [2.05, 4.69) is 26.0 Å². The van der Waals surface area contributed by atoms with E-state index in [1.807, 2.05) is 43.3 Å². The Bertz CT molecular complexity index is 1140. The molecule has 0 aromatic heterocycles. The van der Waals surface area contributed by atoms with Gasteiger partial charge in [0.2, 0.25) is 0 Å². The van der Waals surface area contributed by atoms with Crippen molar-refractivity contribution in [3.05, 3.63) is 95.1 Å². The van der Waals surface area contributed by atoms with Crippen molar-refractivity contribution in [2.24, 2.45) is 0 Å². The van der Waals surface area contributed by atoms with E-state index in [0.29, 0.717) is 40.7 Å². The van der Waals surface area contributed by atoms with Crippen molar-refractivity contribution in [3.63, 3.8) is 0 Å². The molecule has 3 aromatic rings. The second kappa shape index (κ2) is 8.60. The summed E-state index contributed by atoms with van der Waals surface area (Å²) in [7, 11) is 0. The van der Waals surface area contributed by atoms with Crippen LogP contribution in [0.2, 0.25) is 0 Å². The number of hydrogen-bond acceptors (Lipinski definition) is 3. The summed E-state index contributed by atoms with van der Waals surface area (Å²) in [5, 5.41) is 0. The highest BCUT2D eigenvalue weighted by atomic mass is 16.5. The van der Waals surface area contributed by atoms with Crippen molar-refractivity contribution in [2.75, 3.05) is 11.5 Å². The van der Waals surface area contributed by atoms with E-state index in [0.717, 1.165) is 5.56 Å². The van der Waals surface area contributed by atoms with Gasteiger partial charge in [0.25, 0.3) is 11.8 Å². The van der Waals surface area contributed by atoms with E-state index in [1.165, 1.54) is 10.5 Å². The number of amides is 2. The topological polar surface area (TPSA) is 46.6 Å². The molecule has 1 aliphatic rings. The number of rotatable bonds is 5. The van der Waals surface area contributed by atoms with Crippen molar-refractivity contribution in [1.29, 1.82) is 0 Å². The zero-order chi connectivity index (χ0) is 22.0. The van der Waals surface area contributed by atoms with Gasteiger partial charge in [-0.3, -0.25) is 9.59 Å². The summed E-state index contributed by atoms with van der Waals surface area (Å²) in [6.07, 6.45) is 1.86. The molecule has 0 N–H and O–H groups in total. The van der Waals surface area contributed by atoms with Gasteiger partial charge < -0.3 is 4.74 Å². The molecular formula is C27H25NO3. The quantitative estimate of drug-likeness (QED) is 0.386. The third kappa shape index (κ3) is 4.02. The molecule has 0 radical (unpaired) electrons. The molecule has 0 bridgehead atoms. The van der Waals surface area contributed by atoms with E-state index in [-0.39, 0.29) is 11.8 Å². The number of fused-ring (bicyclic) bond motifs is 1. The molecule has 0 saturated carbocycles. The molecule has 3 aromatic carbocycles. The fraction of sp³-hybridized carbons (Fsp3) is 0.185. The summed E-state index contributed by atoms with van der Waals surface area (Å²) in [6.45, 7) is 6.76. The minimum atomic E-state index is -0.333. The summed E-state index contributed by atoms with van der Waals surface area (Å²) in [6, 6.07) is 22.5. The molecule has 0 atom stereocenters. The van der Waals surface area contributed by atoms with Crippen LogP contribution in [0.5, 0.6) is 5.75 Å². The lowest BCUT2D eigenvalue weighted by Crippen LogP contribution is -2.41. The predicted octanol–water partition coefficient (Wildman–Crippen LogP) is 5.94. The van der Waals surface area contributed by atoms with Crippen molar-refractivity contribution < 1.29 is 14.3 Å². The monoisotopic (exact) mass is 411 g/mol. The number of imide groups is 1. The van der Waals surface area contributed by atoms with Crippen LogP contribution in [0, 0.1) is 0 Å². The highest BCUT2D eigenvalue weighted by Gasteiger charge is 2.35. The lowest BCUT2D eigenvalue weighted by atomic mass is 9.91. The molecular weight excluding hydrogens is 386 g/mol. The molecule has 0 saturated heterocycles. The van der Waals surface area contributed by atoms with Crippen LogP contribution in [-0.2, 0) is 4.79 Å². The number of benzene rings is 3. The molecule has 31 heavy (non-hydrogen) atoms. The van der Waals surface area contributed by atoms with Gasteiger partial charge >= 0.3 is 0 Å². The number of ether oxygens (including phenoxy) is 1. The second-order valence-corrected chi connectivity index (χ2v) is 7.80. The number of carbonyl (C=O) groups excluding carboxylic acids is 2. The third-order valence-corrected chi connectivity index (χ3v) is 5.40. The van der Waals surface area contributed by atoms with Crippen molar-refractivity contribution in [2.45, 2.75) is 26.7 Å². The molecule has 156 valence electrons. The Morgan fingerprint density at radius 2 is 1.48 bits per heavy atom. The van der Waals surface area contributed by atoms with E-state index < -0.39 is 0 Å². The fourth-order valence-corrected chi connectivity index (χ4v) is 3.73. The summed E-state index contributed by atoms with van der Waals surface area (Å²) < 4.78 is 5.48. The van der Waals surface area contributed by atoms with Gasteiger partial charge in [0, 0.05) is 11.1 Å². The van der Waals surface area contributed by atoms with Crippen LogP contribution in [0.25, 0.3) is 11.6 Å². The van der Waals surface area contributed by atoms with Crippen LogP contribution < -0.4 is 9.64 Å². The van der Waals surface area contributed by atoms with E-state index in [9.17, 15) is 9.59 Å². The zero-order valence-corrected chi connectivity index (χ0v) is 18.0. The maximum absolute atomic E-state index is 13.5. The van der Waals surface area contributed by atoms with E-state index >= 15 is 0 Å². The van der Waals surface area contributed by atoms with E-state index in [4.69, 9.17) is 4.74 Å². The van der Waals surface area contributed by atoms with Gasteiger partial charge in [-0.05, 0) is 65.9 Å². The number of hydrogen-bond donors (Lipinski definition) is 0. The lowest BCUT2D eigenvalue weighted by molar-refractivity contribution is -0.112. The normalized spacial score (nSPS) is 14.8. The Morgan fingerprint density at radius 3 is 2.10 bits per heavy atom. The molecule has 1 heterocycles. The van der Waals surface area contributed by atoms with Crippen molar-refractivity contribution >= 4 is 29.2 Å². The smallest absolute Gasteiger partial charge is 0.265 e. The van der Waals surface area contributed by atoms with E-state index in [1.54, 1.807) is 30.3 Å². The Balaban J connectivity index is 1.78. The minimum absolute atomic E-state index is 0.322. The maximum atomic E-state index is 13.5. The summed E-state index contributed by atoms with van der Waals surface area (Å²) in [4.78, 5) is 27.9. The maximum Gasteiger partial charge on any atom is 0.265 e. The minimum Gasteiger partial charge on any atom is -0.494 e. The number of anilines is 1. The van der Waals surface area contributed by atoms with Crippen LogP contribution >= 0.6 is 0 Å². The van der Waals surface area contributed by atoms with Crippen LogP contribution in [-0.4, -0.2) is 18.4 Å². The van der Waals surface area contributed by atoms with Crippen LogP contribution in [0.4, 0.5) is 5.69 Å². The van der Waals surface area contributed by atoms with Gasteiger partial charge in [0.05, 0.1) is 12.3 Å². The number of nitrogens with zero attached hydrogens (tertiary/aromatic N) is 1. The standard InChI is InChI=1S/C27H25NO3/c1-4-31-22-15-13-21(14-16-22)28-26(29)24-8-6-5-7-23(24)25(27(28)30)17-19-9-11-20(12-10-19)18(2)3/h5-18H,4H2,1-3H3/b25-17-. The molecule has 2 amide bonds. The summed E-state index contributed by atoms with van der Waals surface area (Å²) in [5.41, 5.74) is 4.36. The molecule has 0 unspecified atom stereocenters. The lowest BCUT2D eigenvalue weighted by Gasteiger charge is -2.28. The first kappa shape index (κ1) is 20.6. The SMILES string of the molecule is CCOc1ccc(N2C(=O)/C(=C\c3ccc(C(C)C)cc3)c3ccccc3C2=O)cc1. The van der Waals surface area contributed by atoms with Crippen LogP contribution in [0.1, 0.15) is 53.7 Å². The molecule has 4 rings (SSSR count). The average molecular weight is 412 g/mol. The molecule has 4 heteroatoms. The first-order chi connectivity index (χ1) is 15.0. The average Bonchev–Trinajstić information content (AvgIpc) is 2.78. The first-order valence-corrected chi connectivity index (χ1v) is 10.5. The fourth-order valence-electron chi connectivity index (χ4n) is 3.73. The molecule has 0 spiro atoms. The van der Waals surface area contributed by atoms with Crippen molar-refractivity contribution in [3.8, 4) is 5.75 Å². The van der Waals surface area contributed by atoms with Crippen LogP contribution in [0.3, 0.4) is 0 Å².